The molecule has 0 spiro atoms. The van der Waals surface area contributed by atoms with Crippen molar-refractivity contribution >= 4 is 28.5 Å². The van der Waals surface area contributed by atoms with Crippen LogP contribution in [-0.4, -0.2) is 58.0 Å². The van der Waals surface area contributed by atoms with Crippen molar-refractivity contribution in [2.45, 2.75) is 62.9 Å². The summed E-state index contributed by atoms with van der Waals surface area (Å²) in [5.41, 5.74) is 0.558. The van der Waals surface area contributed by atoms with Crippen LogP contribution in [0.5, 0.6) is 0 Å². The molecule has 0 unspecified atom stereocenters. The van der Waals surface area contributed by atoms with Crippen molar-refractivity contribution < 1.29 is 31.2 Å². The molecule has 1 saturated carbocycles. The van der Waals surface area contributed by atoms with Crippen LogP contribution in [0.4, 0.5) is 5.13 Å². The SMILES string of the molecule is O=C(C[N+]12CCC(CC1)[C@@H](OC(=O)C1(c3ccccc3)CCCCCC1)C2)Nc1ncns1.[Cl-]. The van der Waals surface area contributed by atoms with Crippen LogP contribution in [0, 0.1) is 5.92 Å². The van der Waals surface area contributed by atoms with E-state index in [4.69, 9.17) is 4.74 Å². The third-order valence-corrected chi connectivity index (χ3v) is 8.64. The Morgan fingerprint density at radius 2 is 1.79 bits per heavy atom. The van der Waals surface area contributed by atoms with Gasteiger partial charge in [-0.3, -0.25) is 14.9 Å². The first-order chi connectivity index (χ1) is 16.1. The number of anilines is 1. The summed E-state index contributed by atoms with van der Waals surface area (Å²) in [5, 5.41) is 3.40. The number of rotatable bonds is 6. The van der Waals surface area contributed by atoms with E-state index in [0.717, 1.165) is 63.7 Å². The number of hydrogen-bond acceptors (Lipinski definition) is 6. The summed E-state index contributed by atoms with van der Waals surface area (Å²) in [6, 6.07) is 10.2. The highest BCUT2D eigenvalue weighted by Gasteiger charge is 2.51. The lowest BCUT2D eigenvalue weighted by Crippen LogP contribution is -3.00. The number of fused-ring (bicyclic) bond motifs is 3. The van der Waals surface area contributed by atoms with Gasteiger partial charge < -0.3 is 21.6 Å². The summed E-state index contributed by atoms with van der Waals surface area (Å²) in [4.78, 5) is 30.6. The van der Waals surface area contributed by atoms with Crippen LogP contribution in [-0.2, 0) is 19.7 Å². The Balaban J connectivity index is 0.00000274. The smallest absolute Gasteiger partial charge is 0.317 e. The number of halogens is 1. The molecule has 1 aliphatic carbocycles. The predicted octanol–water partition coefficient (Wildman–Crippen LogP) is 0.925. The fraction of sp³-hybridized carbons (Fsp3) is 0.600. The second-order valence-corrected chi connectivity index (χ2v) is 10.8. The number of hydrogen-bond donors (Lipinski definition) is 1. The van der Waals surface area contributed by atoms with Crippen LogP contribution in [0.25, 0.3) is 0 Å². The second-order valence-electron chi connectivity index (χ2n) is 10.1. The normalized spacial score (nSPS) is 27.8. The standard InChI is InChI=1S/C25H32N4O3S.ClH/c30-22(28-24-26-18-27-33-24)17-29-14-10-19(11-15-29)21(16-29)32-23(31)25(12-6-1-2-7-13-25)20-8-4-3-5-9-20;/h3-5,8-9,18-19,21H,1-2,6-7,10-17H2;1H/t19?,21-,29?;/m0./s1. The van der Waals surface area contributed by atoms with E-state index in [9.17, 15) is 9.59 Å². The monoisotopic (exact) mass is 504 g/mol. The Morgan fingerprint density at radius 3 is 2.44 bits per heavy atom. The fourth-order valence-electron chi connectivity index (χ4n) is 6.22. The van der Waals surface area contributed by atoms with E-state index < -0.39 is 5.41 Å². The average molecular weight is 505 g/mol. The van der Waals surface area contributed by atoms with Gasteiger partial charge in [0.05, 0.1) is 18.5 Å². The van der Waals surface area contributed by atoms with Crippen molar-refractivity contribution in [3.63, 3.8) is 0 Å². The van der Waals surface area contributed by atoms with Crippen molar-refractivity contribution in [1.82, 2.24) is 9.36 Å². The van der Waals surface area contributed by atoms with Gasteiger partial charge in [-0.1, -0.05) is 56.0 Å². The lowest BCUT2D eigenvalue weighted by Gasteiger charge is -2.52. The predicted molar refractivity (Wildman–Crippen MR) is 127 cm³/mol. The van der Waals surface area contributed by atoms with Crippen molar-refractivity contribution in [2.24, 2.45) is 5.92 Å². The highest BCUT2D eigenvalue weighted by Crippen LogP contribution is 2.42. The Morgan fingerprint density at radius 1 is 1.09 bits per heavy atom. The number of carbonyl (C=O) groups excluding carboxylic acids is 2. The van der Waals surface area contributed by atoms with Gasteiger partial charge in [0, 0.05) is 30.3 Å². The van der Waals surface area contributed by atoms with Crippen molar-refractivity contribution in [3.05, 3.63) is 42.2 Å². The minimum absolute atomic E-state index is 0. The van der Waals surface area contributed by atoms with Crippen LogP contribution in [0.1, 0.15) is 56.9 Å². The molecule has 1 aromatic heterocycles. The summed E-state index contributed by atoms with van der Waals surface area (Å²) in [6.45, 7) is 3.05. The van der Waals surface area contributed by atoms with E-state index in [-0.39, 0.29) is 30.4 Å². The van der Waals surface area contributed by atoms with Crippen LogP contribution in [0.15, 0.2) is 36.7 Å². The molecule has 1 N–H and O–H groups in total. The Hall–Kier alpha value is -2.03. The third kappa shape index (κ3) is 5.14. The minimum atomic E-state index is -0.538. The van der Waals surface area contributed by atoms with Gasteiger partial charge in [0.25, 0.3) is 5.91 Å². The molecule has 4 aliphatic rings. The lowest BCUT2D eigenvalue weighted by molar-refractivity contribution is -0.939. The number of aromatic nitrogens is 2. The zero-order valence-corrected chi connectivity index (χ0v) is 21.0. The molecule has 1 atom stereocenters. The van der Waals surface area contributed by atoms with Crippen LogP contribution < -0.4 is 17.7 Å². The van der Waals surface area contributed by atoms with Crippen molar-refractivity contribution in [1.29, 1.82) is 0 Å². The molecule has 3 saturated heterocycles. The molecule has 2 bridgehead atoms. The average Bonchev–Trinajstić information content (AvgIpc) is 3.20. The maximum Gasteiger partial charge on any atom is 0.317 e. The van der Waals surface area contributed by atoms with Gasteiger partial charge in [0.2, 0.25) is 5.13 Å². The molecule has 2 aromatic rings. The molecule has 6 rings (SSSR count). The number of amides is 1. The molecule has 7 nitrogen and oxygen atoms in total. The molecule has 4 fully saturated rings. The summed E-state index contributed by atoms with van der Waals surface area (Å²) in [5.74, 6) is 0.311. The fourth-order valence-corrected chi connectivity index (χ4v) is 6.67. The summed E-state index contributed by atoms with van der Waals surface area (Å²) >= 11 is 1.18. The van der Waals surface area contributed by atoms with E-state index in [1.165, 1.54) is 30.7 Å². The zero-order valence-electron chi connectivity index (χ0n) is 19.5. The van der Waals surface area contributed by atoms with Gasteiger partial charge in [-0.25, -0.2) is 4.98 Å². The molecule has 4 heterocycles. The number of piperidine rings is 3. The maximum atomic E-state index is 13.8. The molecular formula is C25H33ClN4O3S. The Labute approximate surface area is 211 Å². The molecular weight excluding hydrogens is 472 g/mol. The molecule has 184 valence electrons. The number of quaternary nitrogens is 1. The summed E-state index contributed by atoms with van der Waals surface area (Å²) < 4.78 is 11.0. The lowest BCUT2D eigenvalue weighted by atomic mass is 9.74. The van der Waals surface area contributed by atoms with E-state index in [2.05, 4.69) is 26.8 Å². The quantitative estimate of drug-likeness (QED) is 0.359. The first kappa shape index (κ1) is 25.1. The summed E-state index contributed by atoms with van der Waals surface area (Å²) in [6.07, 6.45) is 9.53. The van der Waals surface area contributed by atoms with Gasteiger partial charge >= 0.3 is 5.97 Å². The highest BCUT2D eigenvalue weighted by molar-refractivity contribution is 7.09. The van der Waals surface area contributed by atoms with Gasteiger partial charge in [0.15, 0.2) is 12.6 Å². The van der Waals surface area contributed by atoms with Crippen LogP contribution in [0.3, 0.4) is 0 Å². The molecule has 34 heavy (non-hydrogen) atoms. The van der Waals surface area contributed by atoms with E-state index >= 15 is 0 Å². The number of nitrogens with one attached hydrogen (secondary N) is 1. The van der Waals surface area contributed by atoms with Gasteiger partial charge in [-0.2, -0.15) is 4.37 Å². The number of benzene rings is 1. The molecule has 3 aliphatic heterocycles. The highest BCUT2D eigenvalue weighted by atomic mass is 35.5. The Kier molecular flexibility index (Phi) is 7.90. The molecule has 1 amide bonds. The summed E-state index contributed by atoms with van der Waals surface area (Å²) in [7, 11) is 0. The molecule has 0 radical (unpaired) electrons. The molecule has 1 aromatic carbocycles. The first-order valence-corrected chi connectivity index (χ1v) is 13.0. The number of carbonyl (C=O) groups is 2. The zero-order chi connectivity index (χ0) is 22.7. The van der Waals surface area contributed by atoms with E-state index in [0.29, 0.717) is 22.1 Å². The van der Waals surface area contributed by atoms with Crippen LogP contribution >= 0.6 is 11.5 Å². The van der Waals surface area contributed by atoms with E-state index in [1.807, 2.05) is 18.2 Å². The van der Waals surface area contributed by atoms with Gasteiger partial charge in [-0.15, -0.1) is 0 Å². The number of esters is 1. The van der Waals surface area contributed by atoms with Crippen molar-refractivity contribution in [3.8, 4) is 0 Å². The maximum absolute atomic E-state index is 13.8. The second kappa shape index (κ2) is 10.7. The number of nitrogens with zero attached hydrogens (tertiary/aromatic N) is 3. The Bertz CT molecular complexity index is 956. The van der Waals surface area contributed by atoms with E-state index in [1.54, 1.807) is 0 Å². The number of ether oxygens (including phenoxy) is 1. The largest absolute Gasteiger partial charge is 1.00 e. The first-order valence-electron chi connectivity index (χ1n) is 12.3. The van der Waals surface area contributed by atoms with Crippen molar-refractivity contribution in [2.75, 3.05) is 31.5 Å². The third-order valence-electron chi connectivity index (χ3n) is 8.06. The topological polar surface area (TPSA) is 81.2 Å². The van der Waals surface area contributed by atoms with Gasteiger partial charge in [0.1, 0.15) is 12.9 Å². The molecule has 9 heteroatoms. The minimum Gasteiger partial charge on any atom is -1.00 e. The van der Waals surface area contributed by atoms with Crippen LogP contribution in [0.2, 0.25) is 0 Å². The van der Waals surface area contributed by atoms with Gasteiger partial charge in [-0.05, 0) is 18.4 Å².